The van der Waals surface area contributed by atoms with E-state index in [4.69, 9.17) is 4.74 Å². The van der Waals surface area contributed by atoms with Gasteiger partial charge in [-0.1, -0.05) is 42.5 Å². The number of aliphatic hydroxyl groups excluding tert-OH is 1. The molecule has 0 aliphatic heterocycles. The Morgan fingerprint density at radius 3 is 2.58 bits per heavy atom. The second-order valence-electron chi connectivity index (χ2n) is 5.87. The van der Waals surface area contributed by atoms with Crippen LogP contribution in [0.4, 0.5) is 0 Å². The van der Waals surface area contributed by atoms with Gasteiger partial charge in [0.05, 0.1) is 19.4 Å². The van der Waals surface area contributed by atoms with Crippen LogP contribution in [0.3, 0.4) is 0 Å². The number of methoxy groups -OCH3 is 1. The van der Waals surface area contributed by atoms with E-state index in [1.807, 2.05) is 25.2 Å². The molecular formula is C20H22N2O2. The maximum Gasteiger partial charge on any atom is 0.137 e. The normalized spacial score (nSPS) is 13.6. The zero-order valence-electron chi connectivity index (χ0n) is 13.9. The average Bonchev–Trinajstić information content (AvgIpc) is 2.65. The lowest BCUT2D eigenvalue weighted by atomic mass is 9.88. The molecule has 1 heterocycles. The quantitative estimate of drug-likeness (QED) is 0.731. The summed E-state index contributed by atoms with van der Waals surface area (Å²) in [4.78, 5) is 4.16. The summed E-state index contributed by atoms with van der Waals surface area (Å²) in [6, 6.07) is 16.4. The molecule has 0 saturated heterocycles. The van der Waals surface area contributed by atoms with E-state index in [-0.39, 0.29) is 5.92 Å². The monoisotopic (exact) mass is 322 g/mol. The third kappa shape index (κ3) is 3.40. The Labute approximate surface area is 142 Å². The number of ether oxygens (including phenoxy) is 1. The largest absolute Gasteiger partial charge is 0.495 e. The summed E-state index contributed by atoms with van der Waals surface area (Å²) < 4.78 is 5.22. The van der Waals surface area contributed by atoms with Crippen LogP contribution in [-0.4, -0.2) is 30.8 Å². The third-order valence-electron chi connectivity index (χ3n) is 4.32. The van der Waals surface area contributed by atoms with Crippen LogP contribution in [0.2, 0.25) is 0 Å². The van der Waals surface area contributed by atoms with Gasteiger partial charge in [-0.15, -0.1) is 0 Å². The zero-order chi connectivity index (χ0) is 16.9. The van der Waals surface area contributed by atoms with E-state index >= 15 is 0 Å². The predicted molar refractivity (Wildman–Crippen MR) is 96.4 cm³/mol. The van der Waals surface area contributed by atoms with Crippen molar-refractivity contribution < 1.29 is 9.84 Å². The molecule has 4 heteroatoms. The highest BCUT2D eigenvalue weighted by Gasteiger charge is 2.23. The molecule has 124 valence electrons. The second kappa shape index (κ2) is 7.43. The van der Waals surface area contributed by atoms with E-state index in [1.165, 1.54) is 10.8 Å². The predicted octanol–water partition coefficient (Wildman–Crippen LogP) is 3.28. The van der Waals surface area contributed by atoms with E-state index in [0.29, 0.717) is 12.3 Å². The molecule has 0 spiro atoms. The lowest BCUT2D eigenvalue weighted by Crippen LogP contribution is -2.23. The molecule has 3 aromatic rings. The minimum atomic E-state index is -0.666. The van der Waals surface area contributed by atoms with Crippen molar-refractivity contribution in [1.29, 1.82) is 0 Å². The number of pyridine rings is 1. The number of aromatic nitrogens is 1. The first-order valence-electron chi connectivity index (χ1n) is 8.03. The van der Waals surface area contributed by atoms with Crippen LogP contribution in [0, 0.1) is 0 Å². The van der Waals surface area contributed by atoms with Crippen molar-refractivity contribution in [3.05, 3.63) is 72.1 Å². The molecule has 2 N–H and O–H groups in total. The Morgan fingerprint density at radius 1 is 1.04 bits per heavy atom. The molecule has 0 radical (unpaired) electrons. The molecule has 0 unspecified atom stereocenters. The lowest BCUT2D eigenvalue weighted by Gasteiger charge is -2.24. The molecule has 2 atom stereocenters. The van der Waals surface area contributed by atoms with Crippen LogP contribution >= 0.6 is 0 Å². The van der Waals surface area contributed by atoms with Gasteiger partial charge in [0.2, 0.25) is 0 Å². The molecule has 0 fully saturated rings. The van der Waals surface area contributed by atoms with Crippen molar-refractivity contribution in [1.82, 2.24) is 10.3 Å². The van der Waals surface area contributed by atoms with Gasteiger partial charge < -0.3 is 15.2 Å². The second-order valence-corrected chi connectivity index (χ2v) is 5.87. The average molecular weight is 322 g/mol. The standard InChI is InChI=1S/C20H22N2O2/c1-21-13-19(20(23)17-10-18(24-2)12-22-11-17)16-8-7-14-5-3-4-6-15(14)9-16/h3-12,19-21,23H,13H2,1-2H3/t19-,20-/m0/s1. The van der Waals surface area contributed by atoms with Crippen molar-refractivity contribution in [3.8, 4) is 5.75 Å². The van der Waals surface area contributed by atoms with Gasteiger partial charge in [0.1, 0.15) is 5.75 Å². The summed E-state index contributed by atoms with van der Waals surface area (Å²) in [5, 5.41) is 16.5. The molecule has 0 aliphatic rings. The number of nitrogens with one attached hydrogen (secondary N) is 1. The highest BCUT2D eigenvalue weighted by molar-refractivity contribution is 5.83. The molecule has 4 nitrogen and oxygen atoms in total. The molecule has 3 rings (SSSR count). The van der Waals surface area contributed by atoms with Crippen molar-refractivity contribution in [2.75, 3.05) is 20.7 Å². The minimum absolute atomic E-state index is 0.0755. The summed E-state index contributed by atoms with van der Waals surface area (Å²) in [6.45, 7) is 0.663. The highest BCUT2D eigenvalue weighted by atomic mass is 16.5. The fraction of sp³-hybridized carbons (Fsp3) is 0.250. The highest BCUT2D eigenvalue weighted by Crippen LogP contribution is 2.33. The third-order valence-corrected chi connectivity index (χ3v) is 4.32. The van der Waals surface area contributed by atoms with Gasteiger partial charge in [0.25, 0.3) is 0 Å². The van der Waals surface area contributed by atoms with Crippen LogP contribution in [0.5, 0.6) is 5.75 Å². The number of hydrogen-bond donors (Lipinski definition) is 2. The number of fused-ring (bicyclic) bond motifs is 1. The fourth-order valence-electron chi connectivity index (χ4n) is 3.01. The van der Waals surface area contributed by atoms with Gasteiger partial charge in [-0.3, -0.25) is 4.98 Å². The van der Waals surface area contributed by atoms with Crippen LogP contribution in [0.25, 0.3) is 10.8 Å². The van der Waals surface area contributed by atoms with Crippen molar-refractivity contribution in [2.45, 2.75) is 12.0 Å². The number of benzene rings is 2. The first kappa shape index (κ1) is 16.4. The summed E-state index contributed by atoms with van der Waals surface area (Å²) >= 11 is 0. The van der Waals surface area contributed by atoms with Crippen LogP contribution in [0.15, 0.2) is 60.9 Å². The van der Waals surface area contributed by atoms with E-state index in [2.05, 4.69) is 40.6 Å². The molecule has 0 saturated carbocycles. The molecule has 0 aliphatic carbocycles. The summed E-state index contributed by atoms with van der Waals surface area (Å²) in [5.74, 6) is 0.571. The Bertz CT molecular complexity index is 819. The maximum absolute atomic E-state index is 10.9. The molecule has 0 bridgehead atoms. The Morgan fingerprint density at radius 2 is 1.83 bits per heavy atom. The van der Waals surface area contributed by atoms with Crippen molar-refractivity contribution in [3.63, 3.8) is 0 Å². The summed E-state index contributed by atoms with van der Waals surface area (Å²) in [7, 11) is 3.49. The number of likely N-dealkylation sites (N-methyl/N-ethyl adjacent to an activating group) is 1. The molecular weight excluding hydrogens is 300 g/mol. The molecule has 24 heavy (non-hydrogen) atoms. The van der Waals surface area contributed by atoms with Crippen LogP contribution < -0.4 is 10.1 Å². The lowest BCUT2D eigenvalue weighted by molar-refractivity contribution is 0.143. The SMILES string of the molecule is CNC[C@@H](c1ccc2ccccc2c1)[C@@H](O)c1cncc(OC)c1. The smallest absolute Gasteiger partial charge is 0.137 e. The van der Waals surface area contributed by atoms with Crippen LogP contribution in [0.1, 0.15) is 23.1 Å². The van der Waals surface area contributed by atoms with Crippen molar-refractivity contribution >= 4 is 10.8 Å². The number of rotatable bonds is 6. The first-order valence-corrected chi connectivity index (χ1v) is 8.03. The number of hydrogen-bond acceptors (Lipinski definition) is 4. The Balaban J connectivity index is 1.97. The maximum atomic E-state index is 10.9. The molecule has 0 amide bonds. The Kier molecular flexibility index (Phi) is 5.08. The Hall–Kier alpha value is -2.43. The first-order chi connectivity index (χ1) is 11.7. The van der Waals surface area contributed by atoms with E-state index < -0.39 is 6.10 Å². The van der Waals surface area contributed by atoms with Gasteiger partial charge in [0, 0.05) is 24.2 Å². The van der Waals surface area contributed by atoms with Gasteiger partial charge in [-0.05, 0) is 29.4 Å². The topological polar surface area (TPSA) is 54.4 Å². The van der Waals surface area contributed by atoms with E-state index in [9.17, 15) is 5.11 Å². The summed E-state index contributed by atoms with van der Waals surface area (Å²) in [5.41, 5.74) is 1.85. The van der Waals surface area contributed by atoms with Gasteiger partial charge in [0.15, 0.2) is 0 Å². The van der Waals surface area contributed by atoms with Gasteiger partial charge in [-0.25, -0.2) is 0 Å². The van der Waals surface area contributed by atoms with Gasteiger partial charge in [-0.2, -0.15) is 0 Å². The van der Waals surface area contributed by atoms with Gasteiger partial charge >= 0.3 is 0 Å². The fourth-order valence-corrected chi connectivity index (χ4v) is 3.01. The minimum Gasteiger partial charge on any atom is -0.495 e. The van der Waals surface area contributed by atoms with Crippen LogP contribution in [-0.2, 0) is 0 Å². The van der Waals surface area contributed by atoms with Crippen molar-refractivity contribution in [2.24, 2.45) is 0 Å². The zero-order valence-corrected chi connectivity index (χ0v) is 13.9. The van der Waals surface area contributed by atoms with E-state index in [0.717, 1.165) is 11.1 Å². The van der Waals surface area contributed by atoms with E-state index in [1.54, 1.807) is 19.5 Å². The molecule has 1 aromatic heterocycles. The molecule has 2 aromatic carbocycles. The number of nitrogens with zero attached hydrogens (tertiary/aromatic N) is 1. The summed E-state index contributed by atoms with van der Waals surface area (Å²) in [6.07, 6.45) is 2.66. The number of aliphatic hydroxyl groups is 1.